The predicted molar refractivity (Wildman–Crippen MR) is 149 cm³/mol. The molecule has 0 saturated carbocycles. The Balaban J connectivity index is 2.04. The molecule has 4 atom stereocenters. The number of unbranched alkanes of at least 4 members (excludes halogenated alkanes) is 1. The van der Waals surface area contributed by atoms with Gasteiger partial charge in [0.2, 0.25) is 23.6 Å². The van der Waals surface area contributed by atoms with E-state index < -0.39 is 53.8 Å². The lowest BCUT2D eigenvalue weighted by Crippen LogP contribution is -2.57. The summed E-state index contributed by atoms with van der Waals surface area (Å²) in [6.07, 6.45) is 2.77. The second-order valence-corrected chi connectivity index (χ2v) is 9.53. The highest BCUT2D eigenvalue weighted by Crippen LogP contribution is 2.18. The third-order valence-corrected chi connectivity index (χ3v) is 6.51. The van der Waals surface area contributed by atoms with Crippen LogP contribution in [0.3, 0.4) is 0 Å². The molecule has 1 heterocycles. The Morgan fingerprint density at radius 2 is 1.56 bits per heavy atom. The Labute approximate surface area is 231 Å². The van der Waals surface area contributed by atoms with Gasteiger partial charge in [0, 0.05) is 29.3 Å². The van der Waals surface area contributed by atoms with Gasteiger partial charge in [0.05, 0.1) is 6.04 Å². The molecule has 0 saturated heterocycles. The highest BCUT2D eigenvalue weighted by Gasteiger charge is 2.30. The summed E-state index contributed by atoms with van der Waals surface area (Å²) >= 11 is 4.16. The average Bonchev–Trinajstić information content (AvgIpc) is 3.31. The summed E-state index contributed by atoms with van der Waals surface area (Å²) in [5.41, 5.74) is 18.5. The third-order valence-electron chi connectivity index (χ3n) is 6.14. The number of hydrogen-bond donors (Lipinski definition) is 9. The van der Waals surface area contributed by atoms with E-state index >= 15 is 0 Å². The maximum atomic E-state index is 13.0. The van der Waals surface area contributed by atoms with E-state index in [4.69, 9.17) is 17.2 Å². The van der Waals surface area contributed by atoms with E-state index in [2.05, 4.69) is 33.6 Å². The summed E-state index contributed by atoms with van der Waals surface area (Å²) in [5.74, 6) is -4.15. The minimum Gasteiger partial charge on any atom is -0.480 e. The van der Waals surface area contributed by atoms with Crippen LogP contribution in [0.2, 0.25) is 0 Å². The van der Waals surface area contributed by atoms with E-state index in [0.717, 1.165) is 16.5 Å². The predicted octanol–water partition coefficient (Wildman–Crippen LogP) is -1.10. The van der Waals surface area contributed by atoms with Gasteiger partial charge in [-0.25, -0.2) is 4.79 Å². The van der Waals surface area contributed by atoms with Crippen molar-refractivity contribution in [3.8, 4) is 0 Å². The number of thiol groups is 1. The van der Waals surface area contributed by atoms with Gasteiger partial charge >= 0.3 is 5.97 Å². The van der Waals surface area contributed by atoms with Crippen molar-refractivity contribution in [1.29, 1.82) is 0 Å². The number of aromatic nitrogens is 1. The number of H-pyrrole nitrogens is 1. The van der Waals surface area contributed by atoms with Gasteiger partial charge in [-0.1, -0.05) is 18.2 Å². The number of para-hydroxylation sites is 1. The number of carbonyl (C=O) groups excluding carboxylic acids is 4. The molecule has 39 heavy (non-hydrogen) atoms. The van der Waals surface area contributed by atoms with Gasteiger partial charge in [0.25, 0.3) is 0 Å². The molecule has 214 valence electrons. The van der Waals surface area contributed by atoms with Crippen LogP contribution in [0.1, 0.15) is 37.7 Å². The van der Waals surface area contributed by atoms with E-state index in [0.29, 0.717) is 19.4 Å². The zero-order chi connectivity index (χ0) is 28.9. The van der Waals surface area contributed by atoms with Crippen molar-refractivity contribution in [3.05, 3.63) is 36.0 Å². The molecule has 4 unspecified atom stereocenters. The molecule has 0 bridgehead atoms. The maximum absolute atomic E-state index is 13.0. The number of carbonyl (C=O) groups is 5. The molecular weight excluding hydrogens is 526 g/mol. The fourth-order valence-corrected chi connectivity index (χ4v) is 4.21. The van der Waals surface area contributed by atoms with E-state index in [1.54, 1.807) is 6.20 Å². The second kappa shape index (κ2) is 15.7. The number of benzene rings is 1. The quantitative estimate of drug-likeness (QED) is 0.0844. The largest absolute Gasteiger partial charge is 0.480 e. The number of aliphatic carboxylic acids is 1. The molecule has 1 aromatic carbocycles. The molecular formula is C25H37N7O6S. The number of hydrogen-bond acceptors (Lipinski definition) is 8. The number of carboxylic acids is 1. The number of fused-ring (bicyclic) bond motifs is 1. The smallest absolute Gasteiger partial charge is 0.326 e. The molecule has 14 heteroatoms. The van der Waals surface area contributed by atoms with Gasteiger partial charge in [-0.15, -0.1) is 0 Å². The molecule has 2 rings (SSSR count). The molecule has 11 N–H and O–H groups in total. The van der Waals surface area contributed by atoms with Crippen molar-refractivity contribution in [3.63, 3.8) is 0 Å². The van der Waals surface area contributed by atoms with Gasteiger partial charge in [0.15, 0.2) is 0 Å². The number of nitrogens with two attached hydrogens (primary N) is 3. The van der Waals surface area contributed by atoms with E-state index in [-0.39, 0.29) is 31.4 Å². The lowest BCUT2D eigenvalue weighted by Gasteiger charge is -2.24. The summed E-state index contributed by atoms with van der Waals surface area (Å²) in [7, 11) is 0. The first-order chi connectivity index (χ1) is 18.6. The molecule has 0 fully saturated rings. The monoisotopic (exact) mass is 563 g/mol. The van der Waals surface area contributed by atoms with E-state index in [1.807, 2.05) is 24.3 Å². The molecule has 4 amide bonds. The summed E-state index contributed by atoms with van der Waals surface area (Å²) in [5, 5.41) is 17.8. The van der Waals surface area contributed by atoms with Crippen molar-refractivity contribution >= 4 is 53.1 Å². The van der Waals surface area contributed by atoms with Crippen LogP contribution in [0.15, 0.2) is 30.5 Å². The van der Waals surface area contributed by atoms with E-state index in [9.17, 15) is 29.1 Å². The number of nitrogens with one attached hydrogen (secondary N) is 4. The van der Waals surface area contributed by atoms with Crippen LogP contribution >= 0.6 is 12.6 Å². The summed E-state index contributed by atoms with van der Waals surface area (Å²) in [6.45, 7) is 0.363. The van der Waals surface area contributed by atoms with Gasteiger partial charge in [0.1, 0.15) is 18.1 Å². The number of carboxylic acid groups (broad SMARTS) is 1. The first-order valence-electron chi connectivity index (χ1n) is 12.6. The number of primary amides is 1. The van der Waals surface area contributed by atoms with Crippen LogP contribution in [0.25, 0.3) is 10.9 Å². The minimum atomic E-state index is -1.37. The van der Waals surface area contributed by atoms with Crippen LogP contribution in [-0.4, -0.2) is 76.2 Å². The highest BCUT2D eigenvalue weighted by molar-refractivity contribution is 7.80. The lowest BCUT2D eigenvalue weighted by atomic mass is 10.0. The highest BCUT2D eigenvalue weighted by atomic mass is 32.1. The molecule has 0 aliphatic carbocycles. The second-order valence-electron chi connectivity index (χ2n) is 9.16. The molecule has 0 radical (unpaired) electrons. The zero-order valence-electron chi connectivity index (χ0n) is 21.5. The maximum Gasteiger partial charge on any atom is 0.326 e. The van der Waals surface area contributed by atoms with Crippen molar-refractivity contribution in [2.45, 2.75) is 62.7 Å². The lowest BCUT2D eigenvalue weighted by molar-refractivity contribution is -0.142. The van der Waals surface area contributed by atoms with Gasteiger partial charge < -0.3 is 43.2 Å². The fourth-order valence-electron chi connectivity index (χ4n) is 3.95. The Morgan fingerprint density at radius 3 is 2.21 bits per heavy atom. The molecule has 13 nitrogen and oxygen atoms in total. The molecule has 0 aliphatic rings. The third kappa shape index (κ3) is 9.89. The minimum absolute atomic E-state index is 0.0785. The summed E-state index contributed by atoms with van der Waals surface area (Å²) < 4.78 is 0. The zero-order valence-corrected chi connectivity index (χ0v) is 22.4. The van der Waals surface area contributed by atoms with Crippen molar-refractivity contribution in [1.82, 2.24) is 20.9 Å². The van der Waals surface area contributed by atoms with Crippen LogP contribution in [0, 0.1) is 0 Å². The normalized spacial score (nSPS) is 14.1. The topological polar surface area (TPSA) is 236 Å². The molecule has 1 aromatic heterocycles. The SMILES string of the molecule is NCCCCC(NC(=O)C(CS)NC(=O)C(N)Cc1c[nH]c2ccccc12)C(=O)NC(CCC(N)=O)C(=O)O. The van der Waals surface area contributed by atoms with Crippen molar-refractivity contribution in [2.75, 3.05) is 12.3 Å². The van der Waals surface area contributed by atoms with Crippen molar-refractivity contribution in [2.24, 2.45) is 17.2 Å². The fraction of sp³-hybridized carbons (Fsp3) is 0.480. The first-order valence-corrected chi connectivity index (χ1v) is 13.2. The standard InChI is InChI=1S/C25H37N7O6S/c26-10-4-3-7-18(23(35)31-19(25(37)38)8-9-21(28)33)30-24(36)20(13-39)32-22(34)16(27)11-14-12-29-17-6-2-1-5-15(14)17/h1-2,5-6,12,16,18-20,29,39H,3-4,7-11,13,26-27H2,(H2,28,33)(H,30,36)(H,31,35)(H,32,34)(H,37,38). The summed E-state index contributed by atoms with van der Waals surface area (Å²) in [4.78, 5) is 64.4. The van der Waals surface area contributed by atoms with Crippen LogP contribution in [0.5, 0.6) is 0 Å². The molecule has 0 aliphatic heterocycles. The molecule has 0 spiro atoms. The number of amides is 4. The Morgan fingerprint density at radius 1 is 0.923 bits per heavy atom. The number of rotatable bonds is 17. The van der Waals surface area contributed by atoms with Gasteiger partial charge in [-0.2, -0.15) is 12.6 Å². The first kappa shape index (κ1) is 31.6. The Hall–Kier alpha value is -3.62. The Kier molecular flexibility index (Phi) is 12.7. The van der Waals surface area contributed by atoms with Crippen LogP contribution in [0.4, 0.5) is 0 Å². The average molecular weight is 564 g/mol. The van der Waals surface area contributed by atoms with Crippen LogP contribution < -0.4 is 33.2 Å². The number of aromatic amines is 1. The van der Waals surface area contributed by atoms with Gasteiger partial charge in [-0.3, -0.25) is 19.2 Å². The summed E-state index contributed by atoms with van der Waals surface area (Å²) in [6, 6.07) is 3.03. The van der Waals surface area contributed by atoms with Gasteiger partial charge in [-0.05, 0) is 50.3 Å². The Bertz CT molecular complexity index is 1160. The van der Waals surface area contributed by atoms with Crippen LogP contribution in [-0.2, 0) is 30.4 Å². The van der Waals surface area contributed by atoms with E-state index in [1.165, 1.54) is 0 Å². The molecule has 2 aromatic rings. The van der Waals surface area contributed by atoms with Crippen molar-refractivity contribution < 1.29 is 29.1 Å².